The highest BCUT2D eigenvalue weighted by atomic mass is 16.5. The van der Waals surface area contributed by atoms with Crippen LogP contribution in [0.4, 0.5) is 0 Å². The predicted molar refractivity (Wildman–Crippen MR) is 104 cm³/mol. The molecule has 0 saturated carbocycles. The van der Waals surface area contributed by atoms with Crippen molar-refractivity contribution in [1.82, 2.24) is 20.0 Å². The minimum absolute atomic E-state index is 0.141. The fourth-order valence-electron chi connectivity index (χ4n) is 4.47. The monoisotopic (exact) mass is 368 g/mol. The second kappa shape index (κ2) is 7.44. The number of rotatable bonds is 3. The average Bonchev–Trinajstić information content (AvgIpc) is 2.89. The first-order valence-corrected chi connectivity index (χ1v) is 9.80. The first-order valence-electron chi connectivity index (χ1n) is 9.80. The Labute approximate surface area is 160 Å². The molecule has 0 spiro atoms. The molecule has 1 saturated heterocycles. The third-order valence-electron chi connectivity index (χ3n) is 6.00. The van der Waals surface area contributed by atoms with Crippen molar-refractivity contribution in [2.24, 2.45) is 7.05 Å². The zero-order valence-electron chi connectivity index (χ0n) is 16.2. The smallest absolute Gasteiger partial charge is 0.254 e. The summed E-state index contributed by atoms with van der Waals surface area (Å²) < 4.78 is 7.74. The quantitative estimate of drug-likeness (QED) is 0.897. The van der Waals surface area contributed by atoms with Crippen molar-refractivity contribution in [3.63, 3.8) is 0 Å². The van der Waals surface area contributed by atoms with Crippen LogP contribution in [0.1, 0.15) is 24.1 Å². The number of nitrogens with zero attached hydrogens (tertiary/aromatic N) is 3. The summed E-state index contributed by atoms with van der Waals surface area (Å²) in [4.78, 5) is 15.3. The van der Waals surface area contributed by atoms with Crippen LogP contribution in [-0.2, 0) is 29.4 Å². The summed E-state index contributed by atoms with van der Waals surface area (Å²) in [6.07, 6.45) is 3.10. The molecule has 1 N–H and O–H groups in total. The fourth-order valence-corrected chi connectivity index (χ4v) is 4.47. The number of nitrogens with one attached hydrogen (secondary N) is 1. The zero-order chi connectivity index (χ0) is 18.9. The molecule has 1 aromatic carbocycles. The van der Waals surface area contributed by atoms with Crippen molar-refractivity contribution in [2.75, 3.05) is 33.3 Å². The molecular formula is C21H28N4O2. The number of hydrogen-bond acceptors (Lipinski definition) is 4. The molecule has 1 fully saturated rings. The maximum Gasteiger partial charge on any atom is 0.254 e. The summed E-state index contributed by atoms with van der Waals surface area (Å²) in [6.45, 7) is 3.08. The van der Waals surface area contributed by atoms with Crippen molar-refractivity contribution >= 4 is 5.91 Å². The van der Waals surface area contributed by atoms with Gasteiger partial charge in [-0.15, -0.1) is 0 Å². The van der Waals surface area contributed by atoms with Gasteiger partial charge in [0.05, 0.1) is 11.4 Å². The van der Waals surface area contributed by atoms with E-state index < -0.39 is 5.60 Å². The molecule has 4 rings (SSSR count). The highest BCUT2D eigenvalue weighted by Crippen LogP contribution is 2.30. The number of fused-ring (bicyclic) bond motifs is 1. The van der Waals surface area contributed by atoms with Crippen LogP contribution in [0.5, 0.6) is 0 Å². The summed E-state index contributed by atoms with van der Waals surface area (Å²) in [5.41, 5.74) is 4.07. The van der Waals surface area contributed by atoms with Crippen LogP contribution < -0.4 is 5.32 Å². The van der Waals surface area contributed by atoms with Crippen molar-refractivity contribution < 1.29 is 9.53 Å². The number of carbonyl (C=O) groups excluding carboxylic acids is 1. The summed E-state index contributed by atoms with van der Waals surface area (Å²) in [7, 11) is 3.68. The summed E-state index contributed by atoms with van der Waals surface area (Å²) in [6, 6.07) is 10.4. The van der Waals surface area contributed by atoms with E-state index in [1.54, 1.807) is 7.11 Å². The van der Waals surface area contributed by atoms with Gasteiger partial charge in [0.1, 0.15) is 5.60 Å². The first-order chi connectivity index (χ1) is 13.1. The van der Waals surface area contributed by atoms with E-state index in [0.29, 0.717) is 6.54 Å². The Morgan fingerprint density at radius 3 is 2.56 bits per heavy atom. The number of carbonyl (C=O) groups is 1. The first kappa shape index (κ1) is 18.2. The van der Waals surface area contributed by atoms with E-state index in [9.17, 15) is 4.79 Å². The largest absolute Gasteiger partial charge is 0.368 e. The molecule has 2 aromatic rings. The van der Waals surface area contributed by atoms with Gasteiger partial charge >= 0.3 is 0 Å². The molecule has 2 aliphatic rings. The van der Waals surface area contributed by atoms with Gasteiger partial charge in [-0.05, 0) is 32.4 Å². The maximum atomic E-state index is 13.3. The Morgan fingerprint density at radius 2 is 1.85 bits per heavy atom. The van der Waals surface area contributed by atoms with Crippen LogP contribution in [0.2, 0.25) is 0 Å². The van der Waals surface area contributed by atoms with Crippen LogP contribution in [0.3, 0.4) is 0 Å². The van der Waals surface area contributed by atoms with Crippen LogP contribution in [0, 0.1) is 0 Å². The van der Waals surface area contributed by atoms with E-state index in [2.05, 4.69) is 29.6 Å². The van der Waals surface area contributed by atoms with Gasteiger partial charge in [-0.3, -0.25) is 9.48 Å². The second-order valence-corrected chi connectivity index (χ2v) is 7.50. The summed E-state index contributed by atoms with van der Waals surface area (Å²) in [5, 5.41) is 8.09. The molecule has 3 heterocycles. The number of amides is 1. The number of aryl methyl sites for hydroxylation is 1. The lowest BCUT2D eigenvalue weighted by molar-refractivity contribution is -0.158. The normalized spacial score (nSPS) is 19.4. The Kier molecular flexibility index (Phi) is 5.02. The van der Waals surface area contributed by atoms with Crippen LogP contribution in [-0.4, -0.2) is 59.5 Å². The molecular weight excluding hydrogens is 340 g/mol. The zero-order valence-corrected chi connectivity index (χ0v) is 16.2. The molecule has 0 atom stereocenters. The van der Waals surface area contributed by atoms with Gasteiger partial charge < -0.3 is 15.0 Å². The number of piperidine rings is 1. The van der Waals surface area contributed by atoms with Crippen molar-refractivity contribution in [1.29, 1.82) is 0 Å². The molecule has 1 amide bonds. The van der Waals surface area contributed by atoms with Crippen LogP contribution in [0.15, 0.2) is 30.3 Å². The molecule has 2 aliphatic heterocycles. The molecule has 6 nitrogen and oxygen atoms in total. The van der Waals surface area contributed by atoms with E-state index in [1.165, 1.54) is 16.8 Å². The van der Waals surface area contributed by atoms with Gasteiger partial charge in [0.25, 0.3) is 5.91 Å². The molecule has 0 bridgehead atoms. The van der Waals surface area contributed by atoms with E-state index in [1.807, 2.05) is 22.7 Å². The van der Waals surface area contributed by atoms with Gasteiger partial charge in [0.2, 0.25) is 0 Å². The average molecular weight is 368 g/mol. The predicted octanol–water partition coefficient (Wildman–Crippen LogP) is 1.78. The molecule has 0 aliphatic carbocycles. The molecule has 27 heavy (non-hydrogen) atoms. The summed E-state index contributed by atoms with van der Waals surface area (Å²) in [5.74, 6) is 0.141. The Hall–Kier alpha value is -2.18. The fraction of sp³-hybridized carbons (Fsp3) is 0.524. The second-order valence-electron chi connectivity index (χ2n) is 7.50. The topological polar surface area (TPSA) is 59.4 Å². The number of aromatic nitrogens is 2. The van der Waals surface area contributed by atoms with Gasteiger partial charge in [-0.2, -0.15) is 5.10 Å². The van der Waals surface area contributed by atoms with E-state index in [-0.39, 0.29) is 5.91 Å². The number of benzene rings is 1. The van der Waals surface area contributed by atoms with Crippen molar-refractivity contribution in [3.05, 3.63) is 41.6 Å². The maximum absolute atomic E-state index is 13.3. The minimum atomic E-state index is -0.667. The molecule has 0 radical (unpaired) electrons. The van der Waals surface area contributed by atoms with E-state index in [0.717, 1.165) is 51.0 Å². The number of hydrogen-bond donors (Lipinski definition) is 1. The molecule has 144 valence electrons. The standard InChI is InChI=1S/C21H28N4O2/c1-24-19(16-6-4-3-5-7-16)17-8-14-25(15-9-18(17)23-24)20(26)21(27-2)10-12-22-13-11-21/h3-7,22H,8-15H2,1-2H3. The molecule has 0 unspecified atom stereocenters. The van der Waals surface area contributed by atoms with Crippen LogP contribution in [0.25, 0.3) is 11.3 Å². The van der Waals surface area contributed by atoms with Gasteiger partial charge in [-0.25, -0.2) is 0 Å². The van der Waals surface area contributed by atoms with E-state index in [4.69, 9.17) is 9.84 Å². The lowest BCUT2D eigenvalue weighted by atomic mass is 9.90. The number of methoxy groups -OCH3 is 1. The third kappa shape index (κ3) is 3.28. The Bertz CT molecular complexity index is 809. The van der Waals surface area contributed by atoms with E-state index >= 15 is 0 Å². The highest BCUT2D eigenvalue weighted by Gasteiger charge is 2.42. The summed E-state index contributed by atoms with van der Waals surface area (Å²) >= 11 is 0. The van der Waals surface area contributed by atoms with Crippen LogP contribution >= 0.6 is 0 Å². The lowest BCUT2D eigenvalue weighted by Crippen LogP contribution is -2.55. The minimum Gasteiger partial charge on any atom is -0.368 e. The third-order valence-corrected chi connectivity index (χ3v) is 6.00. The molecule has 1 aromatic heterocycles. The SMILES string of the molecule is COC1(C(=O)N2CCc3nn(C)c(-c4ccccc4)c3CC2)CCNCC1. The lowest BCUT2D eigenvalue weighted by Gasteiger charge is -2.38. The van der Waals surface area contributed by atoms with Crippen molar-refractivity contribution in [3.8, 4) is 11.3 Å². The van der Waals surface area contributed by atoms with Gasteiger partial charge in [0.15, 0.2) is 0 Å². The van der Waals surface area contributed by atoms with Gasteiger partial charge in [0, 0.05) is 44.8 Å². The highest BCUT2D eigenvalue weighted by molar-refractivity contribution is 5.85. The Morgan fingerprint density at radius 1 is 1.15 bits per heavy atom. The Balaban J connectivity index is 1.57. The molecule has 6 heteroatoms. The number of ether oxygens (including phenoxy) is 1. The van der Waals surface area contributed by atoms with Gasteiger partial charge in [-0.1, -0.05) is 30.3 Å². The van der Waals surface area contributed by atoms with Crippen molar-refractivity contribution in [2.45, 2.75) is 31.3 Å².